The van der Waals surface area contributed by atoms with Gasteiger partial charge in [0.2, 0.25) is 0 Å². The van der Waals surface area contributed by atoms with Gasteiger partial charge in [-0.2, -0.15) is 0 Å². The number of benzene rings is 2. The van der Waals surface area contributed by atoms with Gasteiger partial charge in [0.25, 0.3) is 15.9 Å². The molecule has 0 bridgehead atoms. The quantitative estimate of drug-likeness (QED) is 0.728. The fraction of sp³-hybridized carbons (Fsp3) is 0.278. The molecule has 2 rings (SSSR count). The number of sulfonamides is 1. The highest BCUT2D eigenvalue weighted by atomic mass is 35.5. The van der Waals surface area contributed by atoms with Crippen LogP contribution in [-0.4, -0.2) is 46.4 Å². The standard InChI is InChI=1S/C18H22FN3O3S.ClH/c1-13-7-8-16(12-17(13)19)26(24,25)21-15-6-4-5-14(11-15)18(23)22(3)10-9-20-2;/h4-8,11-12,20-21H,9-10H2,1-3H3;1H. The maximum Gasteiger partial charge on any atom is 0.261 e. The average Bonchev–Trinajstić information content (AvgIpc) is 2.61. The molecule has 148 valence electrons. The average molecular weight is 416 g/mol. The minimum Gasteiger partial charge on any atom is -0.340 e. The third kappa shape index (κ3) is 5.92. The number of halogens is 2. The number of anilines is 1. The maximum absolute atomic E-state index is 13.7. The smallest absolute Gasteiger partial charge is 0.261 e. The zero-order valence-electron chi connectivity index (χ0n) is 15.3. The predicted molar refractivity (Wildman–Crippen MR) is 107 cm³/mol. The number of nitrogens with zero attached hydrogens (tertiary/aromatic N) is 1. The molecule has 0 aliphatic rings. The van der Waals surface area contributed by atoms with Gasteiger partial charge in [0.1, 0.15) is 5.82 Å². The van der Waals surface area contributed by atoms with E-state index in [9.17, 15) is 17.6 Å². The zero-order chi connectivity index (χ0) is 19.3. The second-order valence-corrected chi connectivity index (χ2v) is 7.61. The number of likely N-dealkylation sites (N-methyl/N-ethyl adjacent to an activating group) is 2. The lowest BCUT2D eigenvalue weighted by atomic mass is 10.2. The van der Waals surface area contributed by atoms with Gasteiger partial charge in [-0.25, -0.2) is 12.8 Å². The van der Waals surface area contributed by atoms with Gasteiger partial charge in [0.15, 0.2) is 0 Å². The summed E-state index contributed by atoms with van der Waals surface area (Å²) in [6.45, 7) is 2.72. The number of nitrogens with one attached hydrogen (secondary N) is 2. The van der Waals surface area contributed by atoms with Crippen molar-refractivity contribution in [3.05, 3.63) is 59.4 Å². The molecule has 0 aromatic heterocycles. The number of amides is 1. The van der Waals surface area contributed by atoms with Crippen molar-refractivity contribution in [1.82, 2.24) is 10.2 Å². The van der Waals surface area contributed by atoms with E-state index in [-0.39, 0.29) is 28.9 Å². The Balaban J connectivity index is 0.00000364. The van der Waals surface area contributed by atoms with Gasteiger partial charge in [-0.05, 0) is 49.9 Å². The van der Waals surface area contributed by atoms with Crippen LogP contribution in [0.5, 0.6) is 0 Å². The van der Waals surface area contributed by atoms with E-state index in [0.29, 0.717) is 24.2 Å². The summed E-state index contributed by atoms with van der Waals surface area (Å²) in [6, 6.07) is 9.90. The van der Waals surface area contributed by atoms with Crippen LogP contribution in [0.15, 0.2) is 47.4 Å². The second kappa shape index (κ2) is 9.68. The highest BCUT2D eigenvalue weighted by Gasteiger charge is 2.17. The molecule has 2 aromatic carbocycles. The Kier molecular flexibility index (Phi) is 8.20. The number of hydrogen-bond donors (Lipinski definition) is 2. The normalized spacial score (nSPS) is 10.8. The highest BCUT2D eigenvalue weighted by molar-refractivity contribution is 7.92. The van der Waals surface area contributed by atoms with Crippen LogP contribution in [0.25, 0.3) is 0 Å². The number of aryl methyl sites for hydroxylation is 1. The van der Waals surface area contributed by atoms with Crippen LogP contribution in [0.2, 0.25) is 0 Å². The summed E-state index contributed by atoms with van der Waals surface area (Å²) < 4.78 is 40.9. The molecule has 0 saturated heterocycles. The van der Waals surface area contributed by atoms with Crippen LogP contribution in [-0.2, 0) is 10.0 Å². The fourth-order valence-corrected chi connectivity index (χ4v) is 3.33. The first kappa shape index (κ1) is 22.9. The molecule has 2 aromatic rings. The summed E-state index contributed by atoms with van der Waals surface area (Å²) in [5.41, 5.74) is 0.957. The SMILES string of the molecule is CNCCN(C)C(=O)c1cccc(NS(=O)(=O)c2ccc(C)c(F)c2)c1.Cl. The Morgan fingerprint density at radius 3 is 2.52 bits per heavy atom. The molecule has 27 heavy (non-hydrogen) atoms. The van der Waals surface area contributed by atoms with Gasteiger partial charge >= 0.3 is 0 Å². The summed E-state index contributed by atoms with van der Waals surface area (Å²) in [7, 11) is -0.489. The van der Waals surface area contributed by atoms with Gasteiger partial charge in [0, 0.05) is 31.4 Å². The minimum absolute atomic E-state index is 0. The van der Waals surface area contributed by atoms with Crippen molar-refractivity contribution in [2.24, 2.45) is 0 Å². The molecule has 0 atom stereocenters. The summed E-state index contributed by atoms with van der Waals surface area (Å²) in [5.74, 6) is -0.814. The van der Waals surface area contributed by atoms with Gasteiger partial charge in [0.05, 0.1) is 4.90 Å². The van der Waals surface area contributed by atoms with Crippen molar-refractivity contribution in [3.63, 3.8) is 0 Å². The van der Waals surface area contributed by atoms with Crippen molar-refractivity contribution >= 4 is 34.0 Å². The zero-order valence-corrected chi connectivity index (χ0v) is 17.0. The molecule has 0 radical (unpaired) electrons. The first-order chi connectivity index (χ1) is 12.2. The van der Waals surface area contributed by atoms with Crippen LogP contribution in [0.4, 0.5) is 10.1 Å². The third-order valence-electron chi connectivity index (χ3n) is 3.86. The lowest BCUT2D eigenvalue weighted by Crippen LogP contribution is -2.32. The van der Waals surface area contributed by atoms with Crippen LogP contribution in [0, 0.1) is 12.7 Å². The molecule has 0 saturated carbocycles. The van der Waals surface area contributed by atoms with Crippen molar-refractivity contribution in [2.75, 3.05) is 31.9 Å². The van der Waals surface area contributed by atoms with Crippen molar-refractivity contribution < 1.29 is 17.6 Å². The monoisotopic (exact) mass is 415 g/mol. The molecular weight excluding hydrogens is 393 g/mol. The van der Waals surface area contributed by atoms with Gasteiger partial charge < -0.3 is 10.2 Å². The van der Waals surface area contributed by atoms with Crippen LogP contribution < -0.4 is 10.0 Å². The van der Waals surface area contributed by atoms with E-state index in [0.717, 1.165) is 6.07 Å². The summed E-state index contributed by atoms with van der Waals surface area (Å²) >= 11 is 0. The van der Waals surface area contributed by atoms with Crippen LogP contribution in [0.1, 0.15) is 15.9 Å². The summed E-state index contributed by atoms with van der Waals surface area (Å²) in [5, 5.41) is 2.96. The van der Waals surface area contributed by atoms with E-state index in [2.05, 4.69) is 10.0 Å². The Labute approximate surface area is 165 Å². The minimum atomic E-state index is -3.95. The van der Waals surface area contributed by atoms with Crippen molar-refractivity contribution in [3.8, 4) is 0 Å². The van der Waals surface area contributed by atoms with Crippen molar-refractivity contribution in [1.29, 1.82) is 0 Å². The third-order valence-corrected chi connectivity index (χ3v) is 5.24. The van der Waals surface area contributed by atoms with Crippen LogP contribution >= 0.6 is 12.4 Å². The fourth-order valence-electron chi connectivity index (χ4n) is 2.27. The first-order valence-electron chi connectivity index (χ1n) is 8.03. The molecule has 1 amide bonds. The van der Waals surface area contributed by atoms with E-state index in [1.54, 1.807) is 38.1 Å². The molecular formula is C18H23ClFN3O3S. The predicted octanol–water partition coefficient (Wildman–Crippen LogP) is 2.65. The molecule has 6 nitrogen and oxygen atoms in total. The first-order valence-corrected chi connectivity index (χ1v) is 9.52. The highest BCUT2D eigenvalue weighted by Crippen LogP contribution is 2.19. The Morgan fingerprint density at radius 2 is 1.89 bits per heavy atom. The Hall–Kier alpha value is -2.16. The van der Waals surface area contributed by atoms with E-state index < -0.39 is 15.8 Å². The molecule has 0 unspecified atom stereocenters. The number of carbonyl (C=O) groups is 1. The molecule has 0 heterocycles. The summed E-state index contributed by atoms with van der Waals surface area (Å²) in [6.07, 6.45) is 0. The van der Waals surface area contributed by atoms with Crippen LogP contribution in [0.3, 0.4) is 0 Å². The lowest BCUT2D eigenvalue weighted by molar-refractivity contribution is 0.0797. The van der Waals surface area contributed by atoms with Gasteiger partial charge in [-0.3, -0.25) is 9.52 Å². The Morgan fingerprint density at radius 1 is 1.19 bits per heavy atom. The second-order valence-electron chi connectivity index (χ2n) is 5.93. The number of hydrogen-bond acceptors (Lipinski definition) is 4. The van der Waals surface area contributed by atoms with E-state index in [1.165, 1.54) is 24.3 Å². The molecule has 2 N–H and O–H groups in total. The number of carbonyl (C=O) groups excluding carboxylic acids is 1. The lowest BCUT2D eigenvalue weighted by Gasteiger charge is -2.17. The topological polar surface area (TPSA) is 78.5 Å². The molecule has 0 spiro atoms. The largest absolute Gasteiger partial charge is 0.340 e. The van der Waals surface area contributed by atoms with Gasteiger partial charge in [-0.15, -0.1) is 12.4 Å². The Bertz CT molecular complexity index is 906. The van der Waals surface area contributed by atoms with Gasteiger partial charge in [-0.1, -0.05) is 12.1 Å². The van der Waals surface area contributed by atoms with E-state index in [4.69, 9.17) is 0 Å². The molecule has 0 aliphatic carbocycles. The summed E-state index contributed by atoms with van der Waals surface area (Å²) in [4.78, 5) is 13.8. The van der Waals surface area contributed by atoms with E-state index >= 15 is 0 Å². The van der Waals surface area contributed by atoms with Crippen molar-refractivity contribution in [2.45, 2.75) is 11.8 Å². The maximum atomic E-state index is 13.7. The molecule has 0 fully saturated rings. The van der Waals surface area contributed by atoms with E-state index in [1.807, 2.05) is 0 Å². The number of rotatable bonds is 7. The molecule has 9 heteroatoms. The molecule has 0 aliphatic heterocycles.